The Balaban J connectivity index is 1.95. The molecule has 3 aromatic rings. The van der Waals surface area contributed by atoms with E-state index in [2.05, 4.69) is 33.0 Å². The molecule has 0 saturated carbocycles. The average molecular weight is 317 g/mol. The molecule has 96 valence electrons. The van der Waals surface area contributed by atoms with Gasteiger partial charge in [0.15, 0.2) is 11.4 Å². The zero-order chi connectivity index (χ0) is 13.2. The van der Waals surface area contributed by atoms with Gasteiger partial charge < -0.3 is 9.14 Å². The third-order valence-corrected chi connectivity index (χ3v) is 3.54. The number of ether oxygens (including phenoxy) is 1. The molecular formula is C15H13BrN2O. The van der Waals surface area contributed by atoms with Crippen molar-refractivity contribution < 1.29 is 4.74 Å². The second-order valence-electron chi connectivity index (χ2n) is 4.34. The smallest absolute Gasteiger partial charge is 0.179 e. The highest BCUT2D eigenvalue weighted by atomic mass is 79.9. The van der Waals surface area contributed by atoms with E-state index in [1.165, 1.54) is 5.56 Å². The van der Waals surface area contributed by atoms with E-state index < -0.39 is 0 Å². The maximum Gasteiger partial charge on any atom is 0.179 e. The second kappa shape index (κ2) is 5.05. The minimum absolute atomic E-state index is 0.796. The molecule has 0 unspecified atom stereocenters. The first-order valence-corrected chi connectivity index (χ1v) is 6.80. The zero-order valence-electron chi connectivity index (χ0n) is 10.5. The molecule has 0 radical (unpaired) electrons. The largest absolute Gasteiger partial charge is 0.493 e. The van der Waals surface area contributed by atoms with E-state index in [1.54, 1.807) is 7.11 Å². The lowest BCUT2D eigenvalue weighted by Crippen LogP contribution is -1.89. The Bertz CT molecular complexity index is 704. The van der Waals surface area contributed by atoms with Gasteiger partial charge in [0.1, 0.15) is 0 Å². The van der Waals surface area contributed by atoms with Gasteiger partial charge >= 0.3 is 0 Å². The number of hydrogen-bond donors (Lipinski definition) is 0. The number of nitrogens with zero attached hydrogens (tertiary/aromatic N) is 2. The molecule has 0 atom stereocenters. The quantitative estimate of drug-likeness (QED) is 0.736. The fraction of sp³-hybridized carbons (Fsp3) is 0.133. The molecule has 0 aliphatic rings. The highest BCUT2D eigenvalue weighted by molar-refractivity contribution is 9.10. The predicted molar refractivity (Wildman–Crippen MR) is 78.7 cm³/mol. The topological polar surface area (TPSA) is 26.5 Å². The summed E-state index contributed by atoms with van der Waals surface area (Å²) in [6.45, 7) is 0. The Kier molecular flexibility index (Phi) is 3.25. The second-order valence-corrected chi connectivity index (χ2v) is 5.26. The van der Waals surface area contributed by atoms with Crippen molar-refractivity contribution >= 4 is 21.6 Å². The number of rotatable bonds is 3. The molecular weight excluding hydrogens is 304 g/mol. The van der Waals surface area contributed by atoms with Crippen LogP contribution in [0.2, 0.25) is 0 Å². The van der Waals surface area contributed by atoms with Crippen LogP contribution in [0.25, 0.3) is 5.65 Å². The summed E-state index contributed by atoms with van der Waals surface area (Å²) in [7, 11) is 1.67. The van der Waals surface area contributed by atoms with Crippen LogP contribution >= 0.6 is 15.9 Å². The van der Waals surface area contributed by atoms with Crippen LogP contribution in [0.5, 0.6) is 5.75 Å². The summed E-state index contributed by atoms with van der Waals surface area (Å²) < 4.78 is 8.40. The number of methoxy groups -OCH3 is 1. The number of benzene rings is 1. The summed E-state index contributed by atoms with van der Waals surface area (Å²) in [6, 6.07) is 12.2. The number of fused-ring (bicyclic) bond motifs is 1. The van der Waals surface area contributed by atoms with E-state index in [9.17, 15) is 0 Å². The molecule has 0 saturated heterocycles. The SMILES string of the molecule is COc1cccn2cc(Cc3ccc(Br)cc3)nc12. The molecule has 0 amide bonds. The van der Waals surface area contributed by atoms with Crippen molar-refractivity contribution in [1.29, 1.82) is 0 Å². The van der Waals surface area contributed by atoms with Crippen molar-refractivity contribution in [3.8, 4) is 5.75 Å². The van der Waals surface area contributed by atoms with E-state index in [-0.39, 0.29) is 0 Å². The number of aromatic nitrogens is 2. The van der Waals surface area contributed by atoms with Gasteiger partial charge in [-0.2, -0.15) is 0 Å². The minimum atomic E-state index is 0.796. The van der Waals surface area contributed by atoms with E-state index in [0.29, 0.717) is 0 Å². The van der Waals surface area contributed by atoms with Crippen LogP contribution in [0.4, 0.5) is 0 Å². The molecule has 4 heteroatoms. The third-order valence-electron chi connectivity index (χ3n) is 3.02. The van der Waals surface area contributed by atoms with Gasteiger partial charge in [-0.15, -0.1) is 0 Å². The summed E-state index contributed by atoms with van der Waals surface area (Å²) >= 11 is 3.44. The fourth-order valence-electron chi connectivity index (χ4n) is 2.09. The summed E-state index contributed by atoms with van der Waals surface area (Å²) in [5, 5.41) is 0. The molecule has 0 N–H and O–H groups in total. The van der Waals surface area contributed by atoms with Crippen LogP contribution in [0.1, 0.15) is 11.3 Å². The Morgan fingerprint density at radius 3 is 2.74 bits per heavy atom. The fourth-order valence-corrected chi connectivity index (χ4v) is 2.36. The van der Waals surface area contributed by atoms with Crippen LogP contribution in [-0.4, -0.2) is 16.5 Å². The lowest BCUT2D eigenvalue weighted by Gasteiger charge is -1.99. The molecule has 19 heavy (non-hydrogen) atoms. The predicted octanol–water partition coefficient (Wildman–Crippen LogP) is 3.70. The summed E-state index contributed by atoms with van der Waals surface area (Å²) in [5.41, 5.74) is 3.13. The molecule has 3 nitrogen and oxygen atoms in total. The monoisotopic (exact) mass is 316 g/mol. The Labute approximate surface area is 120 Å². The number of halogens is 1. The van der Waals surface area contributed by atoms with Crippen molar-refractivity contribution in [2.75, 3.05) is 7.11 Å². The van der Waals surface area contributed by atoms with Crippen molar-refractivity contribution in [3.63, 3.8) is 0 Å². The van der Waals surface area contributed by atoms with Crippen molar-refractivity contribution in [3.05, 3.63) is 64.5 Å². The molecule has 2 heterocycles. The van der Waals surface area contributed by atoms with Gasteiger partial charge in [0.2, 0.25) is 0 Å². The number of imidazole rings is 1. The van der Waals surface area contributed by atoms with Gasteiger partial charge in [-0.3, -0.25) is 0 Å². The Morgan fingerprint density at radius 2 is 2.00 bits per heavy atom. The average Bonchev–Trinajstić information content (AvgIpc) is 2.83. The molecule has 3 rings (SSSR count). The molecule has 0 spiro atoms. The maximum absolute atomic E-state index is 5.32. The lowest BCUT2D eigenvalue weighted by molar-refractivity contribution is 0.417. The standard InChI is InChI=1S/C15H13BrN2O/c1-19-14-3-2-8-18-10-13(17-15(14)18)9-11-4-6-12(16)7-5-11/h2-8,10H,9H2,1H3. The van der Waals surface area contributed by atoms with Crippen molar-refractivity contribution in [2.24, 2.45) is 0 Å². The molecule has 1 aromatic carbocycles. The maximum atomic E-state index is 5.32. The molecule has 2 aromatic heterocycles. The molecule has 0 bridgehead atoms. The first-order valence-electron chi connectivity index (χ1n) is 6.01. The van der Waals surface area contributed by atoms with Crippen LogP contribution < -0.4 is 4.74 Å². The Morgan fingerprint density at radius 1 is 1.21 bits per heavy atom. The lowest BCUT2D eigenvalue weighted by atomic mass is 10.1. The van der Waals surface area contributed by atoms with Crippen molar-refractivity contribution in [1.82, 2.24) is 9.38 Å². The van der Waals surface area contributed by atoms with Crippen LogP contribution in [0, 0.1) is 0 Å². The zero-order valence-corrected chi connectivity index (χ0v) is 12.1. The molecule has 0 aliphatic carbocycles. The van der Waals surface area contributed by atoms with E-state index in [1.807, 2.05) is 41.1 Å². The first-order chi connectivity index (χ1) is 9.26. The Hall–Kier alpha value is -1.81. The molecule has 0 aliphatic heterocycles. The number of hydrogen-bond acceptors (Lipinski definition) is 2. The van der Waals surface area contributed by atoms with Gasteiger partial charge in [0.05, 0.1) is 12.8 Å². The normalized spacial score (nSPS) is 10.8. The van der Waals surface area contributed by atoms with Gasteiger partial charge in [-0.25, -0.2) is 4.98 Å². The van der Waals surface area contributed by atoms with Crippen LogP contribution in [-0.2, 0) is 6.42 Å². The van der Waals surface area contributed by atoms with Gasteiger partial charge in [-0.1, -0.05) is 28.1 Å². The van der Waals surface area contributed by atoms with Gasteiger partial charge in [0, 0.05) is 23.3 Å². The molecule has 0 fully saturated rings. The van der Waals surface area contributed by atoms with Gasteiger partial charge in [0.25, 0.3) is 0 Å². The summed E-state index contributed by atoms with van der Waals surface area (Å²) in [5.74, 6) is 0.796. The first kappa shape index (κ1) is 12.2. The summed E-state index contributed by atoms with van der Waals surface area (Å²) in [6.07, 6.45) is 4.84. The number of pyridine rings is 1. The summed E-state index contributed by atoms with van der Waals surface area (Å²) in [4.78, 5) is 4.63. The third kappa shape index (κ3) is 2.49. The van der Waals surface area contributed by atoms with Crippen molar-refractivity contribution in [2.45, 2.75) is 6.42 Å². The van der Waals surface area contributed by atoms with Crippen LogP contribution in [0.3, 0.4) is 0 Å². The van der Waals surface area contributed by atoms with Crippen LogP contribution in [0.15, 0.2) is 53.3 Å². The van der Waals surface area contributed by atoms with E-state index >= 15 is 0 Å². The minimum Gasteiger partial charge on any atom is -0.493 e. The van der Waals surface area contributed by atoms with Gasteiger partial charge in [-0.05, 0) is 29.8 Å². The highest BCUT2D eigenvalue weighted by Gasteiger charge is 2.07. The highest BCUT2D eigenvalue weighted by Crippen LogP contribution is 2.20. The van der Waals surface area contributed by atoms with E-state index in [0.717, 1.165) is 28.0 Å². The van der Waals surface area contributed by atoms with E-state index in [4.69, 9.17) is 4.74 Å².